The van der Waals surface area contributed by atoms with E-state index in [-0.39, 0.29) is 11.6 Å². The van der Waals surface area contributed by atoms with E-state index < -0.39 is 0 Å². The predicted molar refractivity (Wildman–Crippen MR) is 82.1 cm³/mol. The molecule has 2 heterocycles. The van der Waals surface area contributed by atoms with Crippen LogP contribution in [0.5, 0.6) is 0 Å². The van der Waals surface area contributed by atoms with E-state index in [0.717, 1.165) is 23.9 Å². The Bertz CT molecular complexity index is 427. The summed E-state index contributed by atoms with van der Waals surface area (Å²) in [5, 5.41) is 22.8. The number of hydrogen-bond acceptors (Lipinski definition) is 5. The maximum absolute atomic E-state index is 10.0. The van der Waals surface area contributed by atoms with Gasteiger partial charge in [-0.05, 0) is 33.6 Å². The van der Waals surface area contributed by atoms with Gasteiger partial charge < -0.3 is 15.0 Å². The Morgan fingerprint density at radius 3 is 2.85 bits per heavy atom. The molecule has 1 aliphatic rings. The molecule has 0 radical (unpaired) electrons. The van der Waals surface area contributed by atoms with Crippen LogP contribution in [0.2, 0.25) is 0 Å². The smallest absolute Gasteiger partial charge is 0.191 e. The highest BCUT2D eigenvalue weighted by Crippen LogP contribution is 2.22. The number of β-amino-alcohol motifs (C(OH)–C–C–N with tert-alkyl or cyclic N) is 1. The molecule has 1 aliphatic heterocycles. The maximum Gasteiger partial charge on any atom is 0.191 e. The quantitative estimate of drug-likeness (QED) is 0.812. The lowest BCUT2D eigenvalue weighted by Gasteiger charge is -2.22. The van der Waals surface area contributed by atoms with E-state index in [4.69, 9.17) is 0 Å². The van der Waals surface area contributed by atoms with Crippen molar-refractivity contribution in [3.05, 3.63) is 5.82 Å². The molecule has 0 aromatic carbocycles. The van der Waals surface area contributed by atoms with Gasteiger partial charge in [-0.15, -0.1) is 10.2 Å². The average molecular weight is 298 g/mol. The minimum atomic E-state index is -0.363. The van der Waals surface area contributed by atoms with E-state index in [1.165, 1.54) is 19.3 Å². The van der Waals surface area contributed by atoms with Crippen LogP contribution in [0.3, 0.4) is 0 Å². The fourth-order valence-electron chi connectivity index (χ4n) is 2.22. The number of nitrogens with zero attached hydrogens (tertiary/aromatic N) is 3. The summed E-state index contributed by atoms with van der Waals surface area (Å²) >= 11 is 1.61. The van der Waals surface area contributed by atoms with Crippen molar-refractivity contribution in [2.75, 3.05) is 12.3 Å². The number of aliphatic hydroxyl groups excluding tert-OH is 1. The van der Waals surface area contributed by atoms with Crippen LogP contribution >= 0.6 is 11.8 Å². The SMILES string of the molecule is CC(C)(C)NCC(O)CSc1nnc2n1CCCCC2. The van der Waals surface area contributed by atoms with Gasteiger partial charge in [0.25, 0.3) is 0 Å². The summed E-state index contributed by atoms with van der Waals surface area (Å²) in [4.78, 5) is 0. The summed E-state index contributed by atoms with van der Waals surface area (Å²) in [6.07, 6.45) is 4.35. The van der Waals surface area contributed by atoms with Crippen molar-refractivity contribution in [3.8, 4) is 0 Å². The van der Waals surface area contributed by atoms with Gasteiger partial charge >= 0.3 is 0 Å². The van der Waals surface area contributed by atoms with Crippen molar-refractivity contribution < 1.29 is 5.11 Å². The van der Waals surface area contributed by atoms with Crippen molar-refractivity contribution in [1.29, 1.82) is 0 Å². The first-order valence-electron chi connectivity index (χ1n) is 7.44. The topological polar surface area (TPSA) is 63.0 Å². The molecule has 1 aromatic rings. The summed E-state index contributed by atoms with van der Waals surface area (Å²) < 4.78 is 2.22. The zero-order chi connectivity index (χ0) is 14.6. The number of hydrogen-bond donors (Lipinski definition) is 2. The lowest BCUT2D eigenvalue weighted by Crippen LogP contribution is -2.41. The zero-order valence-corrected chi connectivity index (χ0v) is 13.5. The molecule has 1 atom stereocenters. The fourth-order valence-corrected chi connectivity index (χ4v) is 3.13. The Hall–Kier alpha value is -0.590. The Morgan fingerprint density at radius 2 is 2.10 bits per heavy atom. The number of nitrogens with one attached hydrogen (secondary N) is 1. The van der Waals surface area contributed by atoms with E-state index in [0.29, 0.717) is 12.3 Å². The number of aliphatic hydroxyl groups is 1. The molecule has 5 nitrogen and oxygen atoms in total. The Balaban J connectivity index is 1.83. The van der Waals surface area contributed by atoms with Gasteiger partial charge in [-0.2, -0.15) is 0 Å². The van der Waals surface area contributed by atoms with Gasteiger partial charge in [-0.1, -0.05) is 18.2 Å². The van der Waals surface area contributed by atoms with E-state index in [1.54, 1.807) is 11.8 Å². The van der Waals surface area contributed by atoms with Gasteiger partial charge in [-0.3, -0.25) is 0 Å². The highest BCUT2D eigenvalue weighted by atomic mass is 32.2. The van der Waals surface area contributed by atoms with Crippen LogP contribution < -0.4 is 5.32 Å². The van der Waals surface area contributed by atoms with Crippen molar-refractivity contribution in [2.24, 2.45) is 0 Å². The standard InChI is InChI=1S/C14H26N4OS/c1-14(2,3)15-9-11(19)10-20-13-17-16-12-7-5-4-6-8-18(12)13/h11,15,19H,4-10H2,1-3H3. The van der Waals surface area contributed by atoms with Gasteiger partial charge in [0.15, 0.2) is 5.16 Å². The molecular weight excluding hydrogens is 272 g/mol. The second-order valence-corrected chi connectivity index (χ2v) is 7.44. The lowest BCUT2D eigenvalue weighted by molar-refractivity contribution is 0.183. The monoisotopic (exact) mass is 298 g/mol. The summed E-state index contributed by atoms with van der Waals surface area (Å²) in [7, 11) is 0. The minimum Gasteiger partial charge on any atom is -0.391 e. The van der Waals surface area contributed by atoms with E-state index >= 15 is 0 Å². The second kappa shape index (κ2) is 6.91. The highest BCUT2D eigenvalue weighted by Gasteiger charge is 2.17. The van der Waals surface area contributed by atoms with Crippen LogP contribution in [0.1, 0.15) is 45.9 Å². The van der Waals surface area contributed by atoms with Crippen molar-refractivity contribution in [2.45, 2.75) is 69.8 Å². The molecule has 6 heteroatoms. The van der Waals surface area contributed by atoms with Crippen LogP contribution in [0.25, 0.3) is 0 Å². The van der Waals surface area contributed by atoms with Crippen LogP contribution in [-0.4, -0.2) is 43.8 Å². The number of rotatable bonds is 5. The van der Waals surface area contributed by atoms with E-state index in [1.807, 2.05) is 0 Å². The molecule has 0 saturated heterocycles. The second-order valence-electron chi connectivity index (χ2n) is 6.46. The van der Waals surface area contributed by atoms with Gasteiger partial charge in [0.2, 0.25) is 0 Å². The van der Waals surface area contributed by atoms with Gasteiger partial charge in [-0.25, -0.2) is 0 Å². The highest BCUT2D eigenvalue weighted by molar-refractivity contribution is 7.99. The van der Waals surface area contributed by atoms with Crippen LogP contribution in [0.4, 0.5) is 0 Å². The third kappa shape index (κ3) is 4.75. The minimum absolute atomic E-state index is 0.0393. The number of fused-ring (bicyclic) bond motifs is 1. The molecule has 0 aliphatic carbocycles. The molecule has 2 N–H and O–H groups in total. The fraction of sp³-hybridized carbons (Fsp3) is 0.857. The summed E-state index contributed by atoms with van der Waals surface area (Å²) in [5.74, 6) is 1.76. The van der Waals surface area contributed by atoms with E-state index in [9.17, 15) is 5.11 Å². The zero-order valence-electron chi connectivity index (χ0n) is 12.7. The van der Waals surface area contributed by atoms with Crippen molar-refractivity contribution in [1.82, 2.24) is 20.1 Å². The van der Waals surface area contributed by atoms with Crippen LogP contribution in [-0.2, 0) is 13.0 Å². The molecule has 1 unspecified atom stereocenters. The first-order valence-corrected chi connectivity index (χ1v) is 8.42. The predicted octanol–water partition coefficient (Wildman–Crippen LogP) is 1.85. The first-order chi connectivity index (χ1) is 9.46. The molecule has 0 spiro atoms. The number of thioether (sulfide) groups is 1. The summed E-state index contributed by atoms with van der Waals surface area (Å²) in [6, 6.07) is 0. The molecule has 114 valence electrons. The lowest BCUT2D eigenvalue weighted by atomic mass is 10.1. The van der Waals surface area contributed by atoms with E-state index in [2.05, 4.69) is 40.9 Å². The molecular formula is C14H26N4OS. The number of aryl methyl sites for hydroxylation is 1. The van der Waals surface area contributed by atoms with Crippen molar-refractivity contribution in [3.63, 3.8) is 0 Å². The van der Waals surface area contributed by atoms with Crippen molar-refractivity contribution >= 4 is 11.8 Å². The first kappa shape index (κ1) is 15.8. The molecule has 0 bridgehead atoms. The normalized spacial score (nSPS) is 17.6. The Labute approximate surface area is 125 Å². The van der Waals surface area contributed by atoms with Gasteiger partial charge in [0, 0.05) is 30.8 Å². The molecule has 20 heavy (non-hydrogen) atoms. The molecule has 0 amide bonds. The maximum atomic E-state index is 10.0. The largest absolute Gasteiger partial charge is 0.391 e. The molecule has 1 aromatic heterocycles. The van der Waals surface area contributed by atoms with Gasteiger partial charge in [0.1, 0.15) is 5.82 Å². The summed E-state index contributed by atoms with van der Waals surface area (Å²) in [6.45, 7) is 7.93. The Kier molecular flexibility index (Phi) is 5.46. The third-order valence-electron chi connectivity index (χ3n) is 3.35. The molecule has 2 rings (SSSR count). The molecule has 0 fully saturated rings. The Morgan fingerprint density at radius 1 is 1.30 bits per heavy atom. The van der Waals surface area contributed by atoms with Gasteiger partial charge in [0.05, 0.1) is 6.10 Å². The summed E-state index contributed by atoms with van der Waals surface area (Å²) in [5.41, 5.74) is 0.0393. The molecule has 0 saturated carbocycles. The van der Waals surface area contributed by atoms with Crippen LogP contribution in [0, 0.1) is 0 Å². The van der Waals surface area contributed by atoms with Crippen LogP contribution in [0.15, 0.2) is 5.16 Å². The third-order valence-corrected chi connectivity index (χ3v) is 4.46. The average Bonchev–Trinajstić information content (AvgIpc) is 2.61. The number of aromatic nitrogens is 3.